The Morgan fingerprint density at radius 3 is 1.33 bits per heavy atom. The smallest absolute Gasteiger partial charge is 0.394 e. The van der Waals surface area contributed by atoms with Crippen molar-refractivity contribution in [1.82, 2.24) is 0 Å². The van der Waals surface area contributed by atoms with Crippen molar-refractivity contribution in [2.45, 2.75) is 37.9 Å². The first-order chi connectivity index (χ1) is 17.6. The van der Waals surface area contributed by atoms with Crippen LogP contribution in [0, 0.1) is 0 Å². The molecule has 2 atom stereocenters. The molecular formula is C31H30O5. The maximum atomic E-state index is 12.7. The zero-order valence-corrected chi connectivity index (χ0v) is 20.0. The van der Waals surface area contributed by atoms with Gasteiger partial charge >= 0.3 is 6.16 Å². The fraction of sp³-hybridized carbons (Fsp3) is 0.194. The highest BCUT2D eigenvalue weighted by atomic mass is 16.7. The summed E-state index contributed by atoms with van der Waals surface area (Å²) < 4.78 is 11.1. The lowest BCUT2D eigenvalue weighted by Crippen LogP contribution is -2.16. The van der Waals surface area contributed by atoms with E-state index in [1.807, 2.05) is 84.9 Å². The summed E-state index contributed by atoms with van der Waals surface area (Å²) in [7, 11) is 0. The van der Waals surface area contributed by atoms with E-state index < -0.39 is 18.4 Å². The van der Waals surface area contributed by atoms with Gasteiger partial charge in [-0.05, 0) is 60.1 Å². The number of rotatable bonds is 10. The van der Waals surface area contributed by atoms with Crippen LogP contribution in [0.25, 0.3) is 0 Å². The van der Waals surface area contributed by atoms with Crippen LogP contribution in [0.2, 0.25) is 0 Å². The molecule has 0 amide bonds. The van der Waals surface area contributed by atoms with Crippen LogP contribution in [-0.4, -0.2) is 16.4 Å². The molecule has 0 aliphatic rings. The maximum absolute atomic E-state index is 12.7. The van der Waals surface area contributed by atoms with E-state index in [9.17, 15) is 15.0 Å². The third-order valence-corrected chi connectivity index (χ3v) is 6.07. The van der Waals surface area contributed by atoms with Crippen molar-refractivity contribution in [3.63, 3.8) is 0 Å². The summed E-state index contributed by atoms with van der Waals surface area (Å²) >= 11 is 0. The Balaban J connectivity index is 1.36. The molecule has 2 N–H and O–H groups in total. The minimum Gasteiger partial charge on any atom is -0.394 e. The van der Waals surface area contributed by atoms with Crippen LogP contribution in [0.3, 0.4) is 0 Å². The quantitative estimate of drug-likeness (QED) is 0.197. The first-order valence-electron chi connectivity index (χ1n) is 12.1. The Morgan fingerprint density at radius 1 is 0.556 bits per heavy atom. The number of ether oxygens (including phenoxy) is 2. The summed E-state index contributed by atoms with van der Waals surface area (Å²) in [4.78, 5) is 12.7. The van der Waals surface area contributed by atoms with Gasteiger partial charge in [0.05, 0.1) is 12.2 Å². The lowest BCUT2D eigenvalue weighted by Gasteiger charge is -2.15. The molecule has 2 unspecified atom stereocenters. The second-order valence-electron chi connectivity index (χ2n) is 8.60. The molecule has 0 aliphatic carbocycles. The second kappa shape index (κ2) is 12.7. The number of carbonyl (C=O) groups is 1. The van der Waals surface area contributed by atoms with E-state index in [1.54, 1.807) is 24.3 Å². The number of para-hydroxylation sites is 2. The van der Waals surface area contributed by atoms with Gasteiger partial charge in [-0.2, -0.15) is 0 Å². The van der Waals surface area contributed by atoms with E-state index >= 15 is 0 Å². The van der Waals surface area contributed by atoms with Gasteiger partial charge in [-0.25, -0.2) is 4.79 Å². The van der Waals surface area contributed by atoms with Crippen LogP contribution in [0.4, 0.5) is 4.79 Å². The topological polar surface area (TPSA) is 76.0 Å². The first kappa shape index (κ1) is 25.2. The van der Waals surface area contributed by atoms with E-state index in [2.05, 4.69) is 0 Å². The Kier molecular flexibility index (Phi) is 8.87. The summed E-state index contributed by atoms with van der Waals surface area (Å²) in [5.74, 6) is 0.805. The molecule has 0 aromatic heterocycles. The van der Waals surface area contributed by atoms with Crippen LogP contribution < -0.4 is 9.47 Å². The fourth-order valence-corrected chi connectivity index (χ4v) is 4.09. The predicted molar refractivity (Wildman–Crippen MR) is 139 cm³/mol. The Morgan fingerprint density at radius 2 is 0.917 bits per heavy atom. The van der Waals surface area contributed by atoms with E-state index in [0.29, 0.717) is 37.2 Å². The number of hydrogen-bond donors (Lipinski definition) is 2. The van der Waals surface area contributed by atoms with Gasteiger partial charge < -0.3 is 19.7 Å². The van der Waals surface area contributed by atoms with Crippen molar-refractivity contribution in [2.75, 3.05) is 0 Å². The first-order valence-corrected chi connectivity index (χ1v) is 12.1. The van der Waals surface area contributed by atoms with Crippen LogP contribution >= 0.6 is 0 Å². The minimum absolute atomic E-state index is 0.403. The van der Waals surface area contributed by atoms with Gasteiger partial charge in [0.1, 0.15) is 11.5 Å². The molecule has 184 valence electrons. The highest BCUT2D eigenvalue weighted by Crippen LogP contribution is 2.27. The molecule has 4 aromatic carbocycles. The molecule has 36 heavy (non-hydrogen) atoms. The van der Waals surface area contributed by atoms with Crippen LogP contribution in [-0.2, 0) is 12.8 Å². The molecule has 0 spiro atoms. The highest BCUT2D eigenvalue weighted by Gasteiger charge is 2.16. The number of benzene rings is 4. The third kappa shape index (κ3) is 7.04. The molecule has 0 bridgehead atoms. The summed E-state index contributed by atoms with van der Waals surface area (Å²) in [5.41, 5.74) is 3.32. The Hall–Kier alpha value is -3.93. The number of aliphatic hydroxyl groups excluding tert-OH is 2. The number of carbonyl (C=O) groups excluding carboxylic acids is 1. The Labute approximate surface area is 211 Å². The standard InChI is InChI=1S/C31H30O5/c32-27(23-11-3-1-4-12-23)21-19-25-15-7-9-17-29(25)35-31(34)36-30-18-10-8-16-26(30)20-22-28(33)24-13-5-2-6-14-24/h1-18,27-28,32-33H,19-22H2. The summed E-state index contributed by atoms with van der Waals surface area (Å²) in [6, 6.07) is 33.5. The zero-order valence-electron chi connectivity index (χ0n) is 20.0. The lowest BCUT2D eigenvalue weighted by atomic mass is 10.0. The van der Waals surface area contributed by atoms with Crippen molar-refractivity contribution in [1.29, 1.82) is 0 Å². The van der Waals surface area contributed by atoms with Crippen LogP contribution in [0.1, 0.15) is 47.3 Å². The van der Waals surface area contributed by atoms with Gasteiger partial charge in [-0.1, -0.05) is 97.1 Å². The summed E-state index contributed by atoms with van der Waals surface area (Å²) in [6.45, 7) is 0. The van der Waals surface area contributed by atoms with Gasteiger partial charge in [-0.15, -0.1) is 0 Å². The second-order valence-corrected chi connectivity index (χ2v) is 8.60. The fourth-order valence-electron chi connectivity index (χ4n) is 4.09. The van der Waals surface area contributed by atoms with E-state index in [0.717, 1.165) is 22.3 Å². The van der Waals surface area contributed by atoms with Crippen molar-refractivity contribution < 1.29 is 24.5 Å². The molecule has 0 saturated carbocycles. The van der Waals surface area contributed by atoms with E-state index in [-0.39, 0.29) is 0 Å². The molecular weight excluding hydrogens is 452 g/mol. The van der Waals surface area contributed by atoms with Gasteiger partial charge in [0.15, 0.2) is 0 Å². The SMILES string of the molecule is O=C(Oc1ccccc1CCC(O)c1ccccc1)Oc1ccccc1CCC(O)c1ccccc1. The molecule has 5 heteroatoms. The third-order valence-electron chi connectivity index (χ3n) is 6.07. The van der Waals surface area contributed by atoms with Gasteiger partial charge in [-0.3, -0.25) is 0 Å². The minimum atomic E-state index is -0.831. The predicted octanol–water partition coefficient (Wildman–Crippen LogP) is 6.60. The number of aryl methyl sites for hydroxylation is 2. The van der Waals surface area contributed by atoms with Crippen molar-refractivity contribution in [3.8, 4) is 11.5 Å². The Bertz CT molecular complexity index is 1140. The zero-order chi connectivity index (χ0) is 25.2. The van der Waals surface area contributed by atoms with E-state index in [4.69, 9.17) is 9.47 Å². The number of aliphatic hydroxyl groups is 2. The molecule has 5 nitrogen and oxygen atoms in total. The van der Waals surface area contributed by atoms with Crippen molar-refractivity contribution >= 4 is 6.16 Å². The largest absolute Gasteiger partial charge is 0.519 e. The number of hydrogen-bond acceptors (Lipinski definition) is 5. The molecule has 0 saturated heterocycles. The van der Waals surface area contributed by atoms with E-state index in [1.165, 1.54) is 0 Å². The average molecular weight is 483 g/mol. The van der Waals surface area contributed by atoms with Gasteiger partial charge in [0.25, 0.3) is 0 Å². The normalized spacial score (nSPS) is 12.5. The van der Waals surface area contributed by atoms with Crippen molar-refractivity contribution in [3.05, 3.63) is 131 Å². The monoisotopic (exact) mass is 482 g/mol. The van der Waals surface area contributed by atoms with Gasteiger partial charge in [0, 0.05) is 0 Å². The average Bonchev–Trinajstić information content (AvgIpc) is 2.92. The van der Waals surface area contributed by atoms with Crippen molar-refractivity contribution in [2.24, 2.45) is 0 Å². The highest BCUT2D eigenvalue weighted by molar-refractivity contribution is 5.68. The summed E-state index contributed by atoms with van der Waals surface area (Å²) in [5, 5.41) is 21.0. The summed E-state index contributed by atoms with van der Waals surface area (Å²) in [6.07, 6.45) is 0.00894. The molecule has 0 radical (unpaired) electrons. The van der Waals surface area contributed by atoms with Crippen LogP contribution in [0.15, 0.2) is 109 Å². The molecule has 0 aliphatic heterocycles. The van der Waals surface area contributed by atoms with Gasteiger partial charge in [0.2, 0.25) is 0 Å². The molecule has 4 rings (SSSR count). The molecule has 4 aromatic rings. The molecule has 0 fully saturated rings. The lowest BCUT2D eigenvalue weighted by molar-refractivity contribution is 0.149. The maximum Gasteiger partial charge on any atom is 0.519 e. The molecule has 0 heterocycles. The van der Waals surface area contributed by atoms with Crippen LogP contribution in [0.5, 0.6) is 11.5 Å².